The molecule has 3 heterocycles. The number of ether oxygens (including phenoxy) is 6. The van der Waals surface area contributed by atoms with Gasteiger partial charge in [-0.25, -0.2) is 4.79 Å². The number of nitrogens with one attached hydrogen (secondary N) is 2. The minimum Gasteiger partial charge on any atom is -0.477 e. The number of carbonyl (C=O) groups excluding carboxylic acids is 2. The standard InChI is InChI=1S/C77H142N2O21/c1-4-6-8-10-12-14-15-16-17-18-19-20-21-22-23-24-25-26-27-28-29-30-31-32-33-34-35-36-37-38-39-40-41-43-45-47-49-51-64(87)79-58(59(84)50-48-46-44-42-13-11-9-7-5-2)56-95-74-69(91)68(90)71(63(55-82)97-74)98-75-70(92)73(67(89)62(54-81)96-75)100-77(76(93)94)52-60(85)65(78-57(3)83)72(99-77)66(88)61(86)53-80/h26-27,48,50,58-63,65-75,80-82,84-86,88-92H,4-25,28-47,49,51-56H2,1-3H3,(H,78,83)(H,79,87)(H,93,94)/b27-26-,50-48+. The van der Waals surface area contributed by atoms with Gasteiger partial charge in [0.15, 0.2) is 12.6 Å². The Hall–Kier alpha value is -2.79. The van der Waals surface area contributed by atoms with Crippen LogP contribution in [0, 0.1) is 0 Å². The van der Waals surface area contributed by atoms with Gasteiger partial charge in [-0.3, -0.25) is 9.59 Å². The lowest BCUT2D eigenvalue weighted by molar-refractivity contribution is -0.386. The van der Waals surface area contributed by atoms with E-state index >= 15 is 0 Å². The van der Waals surface area contributed by atoms with Gasteiger partial charge in [0.1, 0.15) is 67.1 Å². The number of aliphatic hydroxyl groups is 11. The van der Waals surface area contributed by atoms with E-state index < -0.39 is 155 Å². The zero-order valence-electron chi connectivity index (χ0n) is 61.8. The number of carboxylic acid groups (broad SMARTS) is 1. The molecule has 14 N–H and O–H groups in total. The molecule has 0 aromatic rings. The first kappa shape index (κ1) is 91.4. The maximum absolute atomic E-state index is 13.4. The Morgan fingerprint density at radius 1 is 0.520 bits per heavy atom. The van der Waals surface area contributed by atoms with Crippen LogP contribution < -0.4 is 10.6 Å². The molecule has 23 heteroatoms. The van der Waals surface area contributed by atoms with Crippen LogP contribution in [0.4, 0.5) is 0 Å². The third kappa shape index (κ3) is 37.0. The van der Waals surface area contributed by atoms with Crippen LogP contribution >= 0.6 is 0 Å². The van der Waals surface area contributed by atoms with Gasteiger partial charge in [-0.2, -0.15) is 0 Å². The summed E-state index contributed by atoms with van der Waals surface area (Å²) >= 11 is 0. The normalized spacial score (nSPS) is 27.0. The number of hydrogen-bond donors (Lipinski definition) is 14. The first-order valence-electron chi connectivity index (χ1n) is 39.7. The van der Waals surface area contributed by atoms with Gasteiger partial charge < -0.3 is 100 Å². The van der Waals surface area contributed by atoms with Gasteiger partial charge >= 0.3 is 5.97 Å². The van der Waals surface area contributed by atoms with Crippen molar-refractivity contribution in [1.29, 1.82) is 0 Å². The highest BCUT2D eigenvalue weighted by Crippen LogP contribution is 2.39. The molecule has 0 aliphatic carbocycles. The van der Waals surface area contributed by atoms with Gasteiger partial charge in [0.05, 0.1) is 50.7 Å². The molecule has 18 unspecified atom stereocenters. The van der Waals surface area contributed by atoms with Crippen molar-refractivity contribution in [3.8, 4) is 0 Å². The fourth-order valence-corrected chi connectivity index (χ4v) is 13.8. The molecule has 23 nitrogen and oxygen atoms in total. The molecule has 100 heavy (non-hydrogen) atoms. The zero-order valence-corrected chi connectivity index (χ0v) is 61.8. The lowest BCUT2D eigenvalue weighted by Crippen LogP contribution is -2.70. The van der Waals surface area contributed by atoms with Gasteiger partial charge in [-0.15, -0.1) is 0 Å². The van der Waals surface area contributed by atoms with Crippen LogP contribution in [0.15, 0.2) is 24.3 Å². The van der Waals surface area contributed by atoms with Crippen molar-refractivity contribution >= 4 is 17.8 Å². The molecule has 3 aliphatic heterocycles. The Kier molecular flexibility index (Phi) is 51.7. The quantitative estimate of drug-likeness (QED) is 0.0199. The Bertz CT molecular complexity index is 2100. The number of rotatable bonds is 62. The van der Waals surface area contributed by atoms with Gasteiger partial charge in [0.2, 0.25) is 11.8 Å². The molecule has 3 fully saturated rings. The Balaban J connectivity index is 1.38. The van der Waals surface area contributed by atoms with Crippen molar-refractivity contribution in [2.24, 2.45) is 0 Å². The van der Waals surface area contributed by atoms with E-state index in [0.29, 0.717) is 12.8 Å². The Labute approximate surface area is 600 Å². The molecule has 0 spiro atoms. The van der Waals surface area contributed by atoms with E-state index in [2.05, 4.69) is 36.6 Å². The third-order valence-electron chi connectivity index (χ3n) is 20.1. The summed E-state index contributed by atoms with van der Waals surface area (Å²) in [7, 11) is 0. The van der Waals surface area contributed by atoms with Crippen molar-refractivity contribution in [1.82, 2.24) is 10.6 Å². The molecule has 2 amide bonds. The first-order valence-corrected chi connectivity index (χ1v) is 39.7. The van der Waals surface area contributed by atoms with Crippen LogP contribution in [-0.2, 0) is 42.8 Å². The summed E-state index contributed by atoms with van der Waals surface area (Å²) in [5.41, 5.74) is 0. The van der Waals surface area contributed by atoms with Crippen LogP contribution in [0.25, 0.3) is 0 Å². The van der Waals surface area contributed by atoms with Crippen molar-refractivity contribution in [2.45, 2.75) is 420 Å². The zero-order chi connectivity index (χ0) is 73.2. The summed E-state index contributed by atoms with van der Waals surface area (Å²) < 4.78 is 34.8. The number of amides is 2. The van der Waals surface area contributed by atoms with E-state index in [0.717, 1.165) is 64.7 Å². The predicted molar refractivity (Wildman–Crippen MR) is 385 cm³/mol. The monoisotopic (exact) mass is 1430 g/mol. The summed E-state index contributed by atoms with van der Waals surface area (Å²) in [5.74, 6) is -6.14. The molecule has 0 radical (unpaired) electrons. The van der Waals surface area contributed by atoms with E-state index in [1.54, 1.807) is 6.08 Å². The van der Waals surface area contributed by atoms with Crippen LogP contribution in [0.1, 0.15) is 310 Å². The highest BCUT2D eigenvalue weighted by Gasteiger charge is 2.60. The van der Waals surface area contributed by atoms with E-state index in [-0.39, 0.29) is 12.3 Å². The lowest BCUT2D eigenvalue weighted by atomic mass is 9.88. The van der Waals surface area contributed by atoms with Crippen molar-refractivity contribution in [3.63, 3.8) is 0 Å². The van der Waals surface area contributed by atoms with Gasteiger partial charge in [0.25, 0.3) is 5.79 Å². The van der Waals surface area contributed by atoms with E-state index in [1.807, 2.05) is 6.08 Å². The highest BCUT2D eigenvalue weighted by molar-refractivity contribution is 5.77. The fraction of sp³-hybridized carbons (Fsp3) is 0.909. The molecule has 3 saturated heterocycles. The van der Waals surface area contributed by atoms with Crippen LogP contribution in [0.2, 0.25) is 0 Å². The minimum atomic E-state index is -3.08. The Morgan fingerprint density at radius 2 is 0.940 bits per heavy atom. The minimum absolute atomic E-state index is 0.202. The number of unbranched alkanes of at least 4 members (excludes halogenated alkanes) is 40. The number of aliphatic carboxylic acids is 1. The van der Waals surface area contributed by atoms with E-state index in [9.17, 15) is 75.7 Å². The summed E-state index contributed by atoms with van der Waals surface area (Å²) in [6, 6.07) is -2.61. The SMILES string of the molecule is CCCCCCCCC/C=C/C(O)C(COC1OC(CO)C(OC2OC(CO)C(O)C(OC3(C(=O)O)CC(O)C(NC(C)=O)C(C(O)C(O)CO)O3)C2O)C(O)C1O)NC(=O)CCCCCCCCCCCCCCCCCCC/C=C\CCCCCCCCCCCCCCCCCC. The molecular formula is C77H142N2O21. The smallest absolute Gasteiger partial charge is 0.364 e. The molecule has 0 aromatic carbocycles. The van der Waals surface area contributed by atoms with Gasteiger partial charge in [-0.05, 0) is 44.9 Å². The second-order valence-corrected chi connectivity index (χ2v) is 28.9. The van der Waals surface area contributed by atoms with Crippen LogP contribution in [0.5, 0.6) is 0 Å². The topological polar surface area (TPSA) is 373 Å². The molecule has 0 saturated carbocycles. The molecule has 586 valence electrons. The fourth-order valence-electron chi connectivity index (χ4n) is 13.8. The Morgan fingerprint density at radius 3 is 1.36 bits per heavy atom. The number of hydrogen-bond acceptors (Lipinski definition) is 20. The lowest BCUT2D eigenvalue weighted by Gasteiger charge is -2.50. The molecule has 0 aromatic heterocycles. The maximum atomic E-state index is 13.4. The molecular weight excluding hydrogens is 1290 g/mol. The number of aliphatic hydroxyl groups excluding tert-OH is 11. The third-order valence-corrected chi connectivity index (χ3v) is 20.1. The molecule has 18 atom stereocenters. The molecule has 3 aliphatic rings. The van der Waals surface area contributed by atoms with E-state index in [1.165, 1.54) is 205 Å². The van der Waals surface area contributed by atoms with Crippen molar-refractivity contribution < 1.29 is 104 Å². The summed E-state index contributed by atoms with van der Waals surface area (Å²) in [6.07, 6.45) is 33.0. The maximum Gasteiger partial charge on any atom is 0.364 e. The highest BCUT2D eigenvalue weighted by atomic mass is 16.8. The van der Waals surface area contributed by atoms with Crippen molar-refractivity contribution in [2.75, 3.05) is 26.4 Å². The summed E-state index contributed by atoms with van der Waals surface area (Å²) in [6.45, 7) is 2.11. The second-order valence-electron chi connectivity index (χ2n) is 28.9. The number of carbonyl (C=O) groups is 3. The molecule has 3 rings (SSSR count). The van der Waals surface area contributed by atoms with Crippen LogP contribution in [-0.4, -0.2) is 215 Å². The molecule has 0 bridgehead atoms. The average molecular weight is 1430 g/mol. The first-order chi connectivity index (χ1) is 48.4. The van der Waals surface area contributed by atoms with Crippen molar-refractivity contribution in [3.05, 3.63) is 24.3 Å². The second kappa shape index (κ2) is 56.5. The van der Waals surface area contributed by atoms with Gasteiger partial charge in [0, 0.05) is 19.8 Å². The largest absolute Gasteiger partial charge is 0.477 e. The average Bonchev–Trinajstić information content (AvgIpc) is 0.759. The van der Waals surface area contributed by atoms with Gasteiger partial charge in [-0.1, -0.05) is 269 Å². The predicted octanol–water partition coefficient (Wildman–Crippen LogP) is 9.96. The summed E-state index contributed by atoms with van der Waals surface area (Å²) in [4.78, 5) is 38.5. The number of carboxylic acids is 1. The summed E-state index contributed by atoms with van der Waals surface area (Å²) in [5, 5.41) is 136. The van der Waals surface area contributed by atoms with Crippen LogP contribution in [0.3, 0.4) is 0 Å². The number of allylic oxidation sites excluding steroid dienone is 3. The van der Waals surface area contributed by atoms with E-state index in [4.69, 9.17) is 28.4 Å².